The van der Waals surface area contributed by atoms with E-state index in [1.165, 1.54) is 0 Å². The fourth-order valence-corrected chi connectivity index (χ4v) is 3.45. The zero-order valence-corrected chi connectivity index (χ0v) is 15.9. The molecule has 0 N–H and O–H groups in total. The SMILES string of the molecule is Cc1ccc(-c2ccc3nnc(Cc4ccc5ncccc5c4)n3n2)cc1Cl. The first-order valence-electron chi connectivity index (χ1n) is 8.99. The predicted molar refractivity (Wildman–Crippen MR) is 111 cm³/mol. The summed E-state index contributed by atoms with van der Waals surface area (Å²) in [7, 11) is 0. The van der Waals surface area contributed by atoms with Crippen molar-refractivity contribution in [3.8, 4) is 11.3 Å². The highest BCUT2D eigenvalue weighted by Gasteiger charge is 2.11. The largest absolute Gasteiger partial charge is 0.256 e. The molecule has 28 heavy (non-hydrogen) atoms. The summed E-state index contributed by atoms with van der Waals surface area (Å²) in [5.74, 6) is 0.790. The highest BCUT2D eigenvalue weighted by Crippen LogP contribution is 2.24. The van der Waals surface area contributed by atoms with Gasteiger partial charge in [-0.3, -0.25) is 4.98 Å². The smallest absolute Gasteiger partial charge is 0.177 e. The third-order valence-corrected chi connectivity index (χ3v) is 5.23. The molecule has 6 heteroatoms. The first-order valence-corrected chi connectivity index (χ1v) is 9.37. The molecule has 2 aromatic carbocycles. The first-order chi connectivity index (χ1) is 13.7. The van der Waals surface area contributed by atoms with E-state index in [4.69, 9.17) is 16.7 Å². The van der Waals surface area contributed by atoms with Crippen LogP contribution in [0.4, 0.5) is 0 Å². The molecule has 0 spiro atoms. The summed E-state index contributed by atoms with van der Waals surface area (Å²) in [5, 5.41) is 15.2. The Kier molecular flexibility index (Phi) is 4.02. The number of hydrogen-bond acceptors (Lipinski definition) is 4. The van der Waals surface area contributed by atoms with Crippen LogP contribution in [0.1, 0.15) is 17.0 Å². The fraction of sp³-hybridized carbons (Fsp3) is 0.0909. The van der Waals surface area contributed by atoms with E-state index in [0.29, 0.717) is 6.42 Å². The van der Waals surface area contributed by atoms with Crippen LogP contribution in [-0.4, -0.2) is 24.8 Å². The van der Waals surface area contributed by atoms with Crippen molar-refractivity contribution in [2.24, 2.45) is 0 Å². The maximum atomic E-state index is 6.28. The van der Waals surface area contributed by atoms with Gasteiger partial charge in [-0.1, -0.05) is 35.9 Å². The molecule has 5 nitrogen and oxygen atoms in total. The van der Waals surface area contributed by atoms with Gasteiger partial charge in [0.25, 0.3) is 0 Å². The maximum absolute atomic E-state index is 6.28. The Morgan fingerprint density at radius 1 is 0.964 bits per heavy atom. The Hall–Kier alpha value is -3.31. The minimum Gasteiger partial charge on any atom is -0.256 e. The van der Waals surface area contributed by atoms with Crippen molar-refractivity contribution in [3.05, 3.63) is 88.8 Å². The summed E-state index contributed by atoms with van der Waals surface area (Å²) in [5.41, 5.74) is 5.68. The fourth-order valence-electron chi connectivity index (χ4n) is 3.27. The van der Waals surface area contributed by atoms with Gasteiger partial charge in [0.05, 0.1) is 11.2 Å². The van der Waals surface area contributed by atoms with Crippen molar-refractivity contribution in [3.63, 3.8) is 0 Å². The van der Waals surface area contributed by atoms with Crippen LogP contribution in [0.25, 0.3) is 27.8 Å². The van der Waals surface area contributed by atoms with E-state index in [0.717, 1.165) is 49.8 Å². The van der Waals surface area contributed by atoms with Gasteiger partial charge in [-0.25, -0.2) is 0 Å². The van der Waals surface area contributed by atoms with Gasteiger partial charge in [-0.15, -0.1) is 10.2 Å². The van der Waals surface area contributed by atoms with Crippen molar-refractivity contribution < 1.29 is 0 Å². The number of hydrogen-bond donors (Lipinski definition) is 0. The molecule has 3 heterocycles. The lowest BCUT2D eigenvalue weighted by Crippen LogP contribution is -2.01. The van der Waals surface area contributed by atoms with Crippen molar-refractivity contribution >= 4 is 28.2 Å². The summed E-state index contributed by atoms with van der Waals surface area (Å²) in [4.78, 5) is 4.37. The summed E-state index contributed by atoms with van der Waals surface area (Å²) in [6, 6.07) is 20.1. The Labute approximate surface area is 166 Å². The normalized spacial score (nSPS) is 11.4. The summed E-state index contributed by atoms with van der Waals surface area (Å²) >= 11 is 6.28. The molecular formula is C22H16ClN5. The third kappa shape index (κ3) is 3.00. The van der Waals surface area contributed by atoms with Gasteiger partial charge in [-0.2, -0.15) is 9.61 Å². The van der Waals surface area contributed by atoms with Crippen LogP contribution >= 0.6 is 11.6 Å². The topological polar surface area (TPSA) is 56.0 Å². The van der Waals surface area contributed by atoms with Gasteiger partial charge in [-0.05, 0) is 54.4 Å². The number of aryl methyl sites for hydroxylation is 1. The Bertz CT molecular complexity index is 1330. The lowest BCUT2D eigenvalue weighted by Gasteiger charge is -2.06. The number of fused-ring (bicyclic) bond motifs is 2. The van der Waals surface area contributed by atoms with Crippen LogP contribution in [0, 0.1) is 6.92 Å². The Balaban J connectivity index is 1.54. The van der Waals surface area contributed by atoms with E-state index in [1.54, 1.807) is 10.7 Å². The second kappa shape index (κ2) is 6.69. The highest BCUT2D eigenvalue weighted by atomic mass is 35.5. The van der Waals surface area contributed by atoms with Crippen LogP contribution in [0.3, 0.4) is 0 Å². The molecule has 0 bridgehead atoms. The monoisotopic (exact) mass is 385 g/mol. The number of rotatable bonds is 3. The standard InChI is InChI=1S/C22H16ClN5/c1-14-4-6-17(13-18(14)23)20-8-9-21-25-26-22(28(21)27-20)12-15-5-7-19-16(11-15)3-2-10-24-19/h2-11,13H,12H2,1H3. The van der Waals surface area contributed by atoms with Crippen LogP contribution < -0.4 is 0 Å². The molecule has 3 aromatic heterocycles. The summed E-state index contributed by atoms with van der Waals surface area (Å²) in [6.45, 7) is 1.99. The molecule has 0 amide bonds. The van der Waals surface area contributed by atoms with E-state index < -0.39 is 0 Å². The van der Waals surface area contributed by atoms with Gasteiger partial charge in [0.2, 0.25) is 0 Å². The minimum absolute atomic E-state index is 0.636. The van der Waals surface area contributed by atoms with Crippen LogP contribution in [0.5, 0.6) is 0 Å². The molecule has 0 aliphatic carbocycles. The van der Waals surface area contributed by atoms with E-state index >= 15 is 0 Å². The third-order valence-electron chi connectivity index (χ3n) is 4.82. The van der Waals surface area contributed by atoms with Gasteiger partial charge in [0, 0.05) is 28.6 Å². The molecule has 5 rings (SSSR count). The van der Waals surface area contributed by atoms with Crippen molar-refractivity contribution in [1.82, 2.24) is 24.8 Å². The van der Waals surface area contributed by atoms with E-state index in [1.807, 2.05) is 49.4 Å². The first kappa shape index (κ1) is 16.8. The van der Waals surface area contributed by atoms with Gasteiger partial charge in [0.1, 0.15) is 0 Å². The average Bonchev–Trinajstić information content (AvgIpc) is 3.12. The zero-order valence-electron chi connectivity index (χ0n) is 15.2. The molecule has 0 saturated heterocycles. The molecule has 0 aliphatic heterocycles. The van der Waals surface area contributed by atoms with Crippen LogP contribution in [0.2, 0.25) is 5.02 Å². The van der Waals surface area contributed by atoms with Crippen LogP contribution in [-0.2, 0) is 6.42 Å². The quantitative estimate of drug-likeness (QED) is 0.443. The minimum atomic E-state index is 0.636. The highest BCUT2D eigenvalue weighted by molar-refractivity contribution is 6.31. The summed E-state index contributed by atoms with van der Waals surface area (Å²) < 4.78 is 1.80. The Morgan fingerprint density at radius 2 is 1.89 bits per heavy atom. The maximum Gasteiger partial charge on any atom is 0.177 e. The van der Waals surface area contributed by atoms with Crippen molar-refractivity contribution in [2.45, 2.75) is 13.3 Å². The predicted octanol–water partition coefficient (Wildman–Crippen LogP) is 4.89. The number of halogens is 1. The van der Waals surface area contributed by atoms with E-state index in [9.17, 15) is 0 Å². The van der Waals surface area contributed by atoms with Crippen LogP contribution in [0.15, 0.2) is 66.9 Å². The van der Waals surface area contributed by atoms with Gasteiger partial charge < -0.3 is 0 Å². The average molecular weight is 386 g/mol. The lowest BCUT2D eigenvalue weighted by atomic mass is 10.1. The molecule has 5 aromatic rings. The molecule has 0 atom stereocenters. The molecule has 136 valence electrons. The van der Waals surface area contributed by atoms with Crippen molar-refractivity contribution in [2.75, 3.05) is 0 Å². The molecule has 0 unspecified atom stereocenters. The molecule has 0 saturated carbocycles. The number of pyridine rings is 1. The van der Waals surface area contributed by atoms with Gasteiger partial charge >= 0.3 is 0 Å². The van der Waals surface area contributed by atoms with Crippen molar-refractivity contribution in [1.29, 1.82) is 0 Å². The molecule has 0 fully saturated rings. The second-order valence-electron chi connectivity index (χ2n) is 6.78. The molecular weight excluding hydrogens is 370 g/mol. The van der Waals surface area contributed by atoms with E-state index in [2.05, 4.69) is 33.4 Å². The number of benzene rings is 2. The second-order valence-corrected chi connectivity index (χ2v) is 7.18. The number of aromatic nitrogens is 5. The zero-order chi connectivity index (χ0) is 19.1. The van der Waals surface area contributed by atoms with Gasteiger partial charge in [0.15, 0.2) is 11.5 Å². The lowest BCUT2D eigenvalue weighted by molar-refractivity contribution is 0.842. The van der Waals surface area contributed by atoms with E-state index in [-0.39, 0.29) is 0 Å². The number of nitrogens with zero attached hydrogens (tertiary/aromatic N) is 5. The Morgan fingerprint density at radius 3 is 2.79 bits per heavy atom. The molecule has 0 radical (unpaired) electrons. The molecule has 0 aliphatic rings. The summed E-state index contributed by atoms with van der Waals surface area (Å²) in [6.07, 6.45) is 2.44.